The van der Waals surface area contributed by atoms with Gasteiger partial charge in [0.25, 0.3) is 0 Å². The normalized spacial score (nSPS) is 11.3. The Bertz CT molecular complexity index is 455. The van der Waals surface area contributed by atoms with Crippen molar-refractivity contribution in [3.8, 4) is 0 Å². The first-order valence-electron chi connectivity index (χ1n) is 7.60. The summed E-state index contributed by atoms with van der Waals surface area (Å²) in [4.78, 5) is 18.2. The number of ether oxygens (including phenoxy) is 2. The van der Waals surface area contributed by atoms with Crippen molar-refractivity contribution in [3.63, 3.8) is 0 Å². The van der Waals surface area contributed by atoms with Crippen molar-refractivity contribution in [2.24, 2.45) is 5.73 Å². The van der Waals surface area contributed by atoms with E-state index in [4.69, 9.17) is 15.2 Å². The highest BCUT2D eigenvalue weighted by atomic mass is 16.6. The molecule has 6 nitrogen and oxygen atoms in total. The molecule has 22 heavy (non-hydrogen) atoms. The van der Waals surface area contributed by atoms with E-state index in [1.165, 1.54) is 0 Å². The second-order valence-corrected chi connectivity index (χ2v) is 5.89. The van der Waals surface area contributed by atoms with Crippen LogP contribution >= 0.6 is 0 Å². The van der Waals surface area contributed by atoms with Crippen LogP contribution in [-0.4, -0.2) is 36.4 Å². The van der Waals surface area contributed by atoms with Crippen LogP contribution in [0.1, 0.15) is 39.8 Å². The van der Waals surface area contributed by atoms with Gasteiger partial charge in [-0.1, -0.05) is 0 Å². The Morgan fingerprint density at radius 1 is 1.36 bits per heavy atom. The third-order valence-corrected chi connectivity index (χ3v) is 2.82. The monoisotopic (exact) mass is 309 g/mol. The Labute approximate surface area is 132 Å². The number of nitrogens with zero attached hydrogens (tertiary/aromatic N) is 2. The minimum Gasteiger partial charge on any atom is -0.443 e. The zero-order valence-electron chi connectivity index (χ0n) is 14.0. The van der Waals surface area contributed by atoms with E-state index in [0.717, 1.165) is 12.1 Å². The Kier molecular flexibility index (Phi) is 7.27. The number of pyridine rings is 1. The van der Waals surface area contributed by atoms with Crippen LogP contribution in [0.3, 0.4) is 0 Å². The zero-order valence-corrected chi connectivity index (χ0v) is 14.0. The van der Waals surface area contributed by atoms with Crippen LogP contribution in [0.4, 0.5) is 10.5 Å². The van der Waals surface area contributed by atoms with E-state index in [9.17, 15) is 4.79 Å². The minimum absolute atomic E-state index is 0.372. The summed E-state index contributed by atoms with van der Waals surface area (Å²) in [6.07, 6.45) is 1.99. The molecule has 1 aromatic heterocycles. The molecular formula is C16H27N3O3. The average Bonchev–Trinajstić information content (AvgIpc) is 2.45. The van der Waals surface area contributed by atoms with Gasteiger partial charge in [-0.3, -0.25) is 9.88 Å². The minimum atomic E-state index is -0.542. The average molecular weight is 309 g/mol. The molecule has 0 atom stereocenters. The van der Waals surface area contributed by atoms with Gasteiger partial charge in [-0.15, -0.1) is 0 Å². The first-order valence-corrected chi connectivity index (χ1v) is 7.60. The molecule has 0 bridgehead atoms. The van der Waals surface area contributed by atoms with Gasteiger partial charge in [-0.25, -0.2) is 4.79 Å². The maximum atomic E-state index is 12.4. The molecule has 2 N–H and O–H groups in total. The molecule has 124 valence electrons. The quantitative estimate of drug-likeness (QED) is 0.784. The number of amides is 1. The lowest BCUT2D eigenvalue weighted by Gasteiger charge is -2.27. The van der Waals surface area contributed by atoms with E-state index in [-0.39, 0.29) is 6.09 Å². The van der Waals surface area contributed by atoms with Crippen LogP contribution in [-0.2, 0) is 16.0 Å². The molecule has 0 aromatic carbocycles. The summed E-state index contributed by atoms with van der Waals surface area (Å²) in [6, 6.07) is 3.65. The van der Waals surface area contributed by atoms with E-state index < -0.39 is 5.60 Å². The SMILES string of the molecule is CCOCCCN(C(=O)OC(C)(C)C)c1ccc(CN)nc1. The fourth-order valence-corrected chi connectivity index (χ4v) is 1.81. The maximum Gasteiger partial charge on any atom is 0.414 e. The van der Waals surface area contributed by atoms with Crippen molar-refractivity contribution in [1.82, 2.24) is 4.98 Å². The number of hydrogen-bond donors (Lipinski definition) is 1. The van der Waals surface area contributed by atoms with Crippen molar-refractivity contribution >= 4 is 11.8 Å². The van der Waals surface area contributed by atoms with Crippen molar-refractivity contribution in [2.75, 3.05) is 24.7 Å². The van der Waals surface area contributed by atoms with Gasteiger partial charge in [0.2, 0.25) is 0 Å². The first-order chi connectivity index (χ1) is 10.4. The predicted molar refractivity (Wildman–Crippen MR) is 86.8 cm³/mol. The summed E-state index contributed by atoms with van der Waals surface area (Å²) in [5.41, 5.74) is 6.48. The third kappa shape index (κ3) is 6.41. The molecule has 1 amide bonds. The van der Waals surface area contributed by atoms with Crippen LogP contribution in [0.2, 0.25) is 0 Å². The molecular weight excluding hydrogens is 282 g/mol. The topological polar surface area (TPSA) is 77.7 Å². The number of hydrogen-bond acceptors (Lipinski definition) is 5. The van der Waals surface area contributed by atoms with Gasteiger partial charge in [0, 0.05) is 26.3 Å². The van der Waals surface area contributed by atoms with Crippen LogP contribution in [0.25, 0.3) is 0 Å². The summed E-state index contributed by atoms with van der Waals surface area (Å²) >= 11 is 0. The molecule has 1 aromatic rings. The van der Waals surface area contributed by atoms with Gasteiger partial charge in [0.1, 0.15) is 5.60 Å². The highest BCUT2D eigenvalue weighted by molar-refractivity contribution is 5.87. The predicted octanol–water partition coefficient (Wildman–Crippen LogP) is 2.71. The zero-order chi connectivity index (χ0) is 16.6. The summed E-state index contributed by atoms with van der Waals surface area (Å²) in [7, 11) is 0. The van der Waals surface area contributed by atoms with Crippen molar-refractivity contribution in [3.05, 3.63) is 24.0 Å². The molecule has 0 saturated carbocycles. The lowest BCUT2D eigenvalue weighted by atomic mass is 10.2. The van der Waals surface area contributed by atoms with Gasteiger partial charge in [-0.05, 0) is 46.2 Å². The molecule has 6 heteroatoms. The molecule has 1 rings (SSSR count). The summed E-state index contributed by atoms with van der Waals surface area (Å²) in [5, 5.41) is 0. The lowest BCUT2D eigenvalue weighted by Crippen LogP contribution is -2.38. The van der Waals surface area contributed by atoms with E-state index >= 15 is 0 Å². The van der Waals surface area contributed by atoms with Crippen LogP contribution in [0.5, 0.6) is 0 Å². The van der Waals surface area contributed by atoms with Gasteiger partial charge >= 0.3 is 6.09 Å². The number of rotatable bonds is 7. The van der Waals surface area contributed by atoms with Crippen molar-refractivity contribution in [1.29, 1.82) is 0 Å². The molecule has 0 radical (unpaired) electrons. The van der Waals surface area contributed by atoms with E-state index in [1.807, 2.05) is 39.8 Å². The summed E-state index contributed by atoms with van der Waals surface area (Å²) in [5.74, 6) is 0. The molecule has 0 aliphatic rings. The second kappa shape index (κ2) is 8.70. The van der Waals surface area contributed by atoms with Crippen molar-refractivity contribution in [2.45, 2.75) is 46.3 Å². The van der Waals surface area contributed by atoms with Crippen LogP contribution in [0, 0.1) is 0 Å². The Hall–Kier alpha value is -1.66. The molecule has 0 unspecified atom stereocenters. The lowest BCUT2D eigenvalue weighted by molar-refractivity contribution is 0.0575. The molecule has 0 spiro atoms. The molecule has 0 saturated heterocycles. The first kappa shape index (κ1) is 18.4. The van der Waals surface area contributed by atoms with E-state index in [0.29, 0.717) is 32.0 Å². The van der Waals surface area contributed by atoms with Crippen LogP contribution < -0.4 is 10.6 Å². The number of aromatic nitrogens is 1. The molecule has 0 aliphatic carbocycles. The second-order valence-electron chi connectivity index (χ2n) is 5.89. The van der Waals surface area contributed by atoms with Gasteiger partial charge in [-0.2, -0.15) is 0 Å². The highest BCUT2D eigenvalue weighted by Gasteiger charge is 2.23. The number of carbonyl (C=O) groups is 1. The Morgan fingerprint density at radius 3 is 2.59 bits per heavy atom. The summed E-state index contributed by atoms with van der Waals surface area (Å²) in [6.45, 7) is 9.64. The fourth-order valence-electron chi connectivity index (χ4n) is 1.81. The molecule has 0 fully saturated rings. The maximum absolute atomic E-state index is 12.4. The fraction of sp³-hybridized carbons (Fsp3) is 0.625. The Balaban J connectivity index is 2.81. The van der Waals surface area contributed by atoms with Gasteiger partial charge in [0.05, 0.1) is 17.6 Å². The van der Waals surface area contributed by atoms with E-state index in [2.05, 4.69) is 4.98 Å². The summed E-state index contributed by atoms with van der Waals surface area (Å²) < 4.78 is 10.8. The van der Waals surface area contributed by atoms with E-state index in [1.54, 1.807) is 11.1 Å². The molecule has 0 aliphatic heterocycles. The third-order valence-electron chi connectivity index (χ3n) is 2.82. The molecule has 1 heterocycles. The highest BCUT2D eigenvalue weighted by Crippen LogP contribution is 2.18. The van der Waals surface area contributed by atoms with Crippen molar-refractivity contribution < 1.29 is 14.3 Å². The largest absolute Gasteiger partial charge is 0.443 e. The standard InChI is InChI=1S/C16H27N3O3/c1-5-21-10-6-9-19(15(20)22-16(2,3)4)14-8-7-13(11-17)18-12-14/h7-8,12H,5-6,9-11,17H2,1-4H3. The van der Waals surface area contributed by atoms with Crippen LogP contribution in [0.15, 0.2) is 18.3 Å². The Morgan fingerprint density at radius 2 is 2.09 bits per heavy atom. The van der Waals surface area contributed by atoms with Gasteiger partial charge in [0.15, 0.2) is 0 Å². The van der Waals surface area contributed by atoms with Gasteiger partial charge < -0.3 is 15.2 Å². The number of carbonyl (C=O) groups excluding carboxylic acids is 1. The number of anilines is 1. The number of nitrogens with two attached hydrogens (primary N) is 1. The smallest absolute Gasteiger partial charge is 0.414 e.